The van der Waals surface area contributed by atoms with E-state index >= 15 is 0 Å². The summed E-state index contributed by atoms with van der Waals surface area (Å²) in [5, 5.41) is 6.70. The molecule has 0 saturated carbocycles. The van der Waals surface area contributed by atoms with Gasteiger partial charge in [0.25, 0.3) is 0 Å². The first kappa shape index (κ1) is 23.4. The van der Waals surface area contributed by atoms with Crippen molar-refractivity contribution < 1.29 is 0 Å². The highest BCUT2D eigenvalue weighted by Gasteiger charge is 2.17. The maximum absolute atomic E-state index is 4.73. The molecule has 0 aliphatic carbocycles. The topological polar surface area (TPSA) is 40.5 Å². The summed E-state index contributed by atoms with van der Waals surface area (Å²) in [6, 6.07) is 0. The molecule has 6 heteroatoms. The van der Waals surface area contributed by atoms with Gasteiger partial charge in [0, 0.05) is 43.9 Å². The normalized spacial score (nSPS) is 11.8. The Morgan fingerprint density at radius 1 is 1.46 bits per heavy atom. The van der Waals surface area contributed by atoms with E-state index in [4.69, 9.17) is 9.98 Å². The van der Waals surface area contributed by atoms with Gasteiger partial charge in [-0.05, 0) is 19.8 Å². The molecule has 0 radical (unpaired) electrons. The van der Waals surface area contributed by atoms with Crippen LogP contribution in [0.2, 0.25) is 0 Å². The van der Waals surface area contributed by atoms with Gasteiger partial charge in [0.15, 0.2) is 5.96 Å². The SMILES string of the molecule is C=CCCCN(C)C(=NCCc1nc(C(C)(C)C)cs1)NCC.I. The average Bonchev–Trinajstić information content (AvgIpc) is 2.95. The lowest BCUT2D eigenvalue weighted by molar-refractivity contribution is 0.470. The van der Waals surface area contributed by atoms with Crippen LogP contribution in [0.3, 0.4) is 0 Å². The van der Waals surface area contributed by atoms with E-state index in [0.717, 1.165) is 44.9 Å². The Labute approximate surface area is 168 Å². The zero-order chi connectivity index (χ0) is 17.3. The van der Waals surface area contributed by atoms with Crippen LogP contribution in [-0.2, 0) is 11.8 Å². The Morgan fingerprint density at radius 2 is 2.17 bits per heavy atom. The van der Waals surface area contributed by atoms with Crippen LogP contribution in [0.4, 0.5) is 0 Å². The molecule has 0 aromatic carbocycles. The van der Waals surface area contributed by atoms with E-state index in [1.807, 2.05) is 6.08 Å². The fourth-order valence-corrected chi connectivity index (χ4v) is 3.09. The second-order valence-corrected chi connectivity index (χ2v) is 7.66. The lowest BCUT2D eigenvalue weighted by Gasteiger charge is -2.21. The van der Waals surface area contributed by atoms with Crippen LogP contribution in [-0.4, -0.2) is 42.5 Å². The number of unbranched alkanes of at least 4 members (excludes halogenated alkanes) is 1. The van der Waals surface area contributed by atoms with E-state index in [1.165, 1.54) is 10.7 Å². The molecular weight excluding hydrogens is 431 g/mol. The van der Waals surface area contributed by atoms with Crippen molar-refractivity contribution in [2.45, 2.75) is 52.4 Å². The van der Waals surface area contributed by atoms with Crippen molar-refractivity contribution in [1.82, 2.24) is 15.2 Å². The minimum Gasteiger partial charge on any atom is -0.357 e. The second kappa shape index (κ2) is 11.8. The molecule has 0 aliphatic heterocycles. The van der Waals surface area contributed by atoms with Crippen molar-refractivity contribution in [2.24, 2.45) is 4.99 Å². The zero-order valence-electron chi connectivity index (χ0n) is 15.8. The van der Waals surface area contributed by atoms with Gasteiger partial charge in [-0.25, -0.2) is 4.98 Å². The number of hydrogen-bond donors (Lipinski definition) is 1. The molecule has 0 fully saturated rings. The van der Waals surface area contributed by atoms with Crippen LogP contribution in [0.1, 0.15) is 51.2 Å². The number of allylic oxidation sites excluding steroid dienone is 1. The van der Waals surface area contributed by atoms with E-state index in [0.29, 0.717) is 0 Å². The van der Waals surface area contributed by atoms with Crippen molar-refractivity contribution in [3.8, 4) is 0 Å². The highest BCUT2D eigenvalue weighted by molar-refractivity contribution is 14.0. The van der Waals surface area contributed by atoms with Gasteiger partial charge in [0.05, 0.1) is 10.7 Å². The minimum absolute atomic E-state index is 0. The van der Waals surface area contributed by atoms with Crippen LogP contribution in [0.5, 0.6) is 0 Å². The smallest absolute Gasteiger partial charge is 0.193 e. The summed E-state index contributed by atoms with van der Waals surface area (Å²) in [6.07, 6.45) is 5.01. The quantitative estimate of drug-likeness (QED) is 0.203. The van der Waals surface area contributed by atoms with Crippen LogP contribution >= 0.6 is 35.3 Å². The van der Waals surface area contributed by atoms with Crippen molar-refractivity contribution in [2.75, 3.05) is 26.7 Å². The highest BCUT2D eigenvalue weighted by atomic mass is 127. The number of guanidine groups is 1. The molecule has 1 heterocycles. The fourth-order valence-electron chi connectivity index (χ4n) is 2.08. The van der Waals surface area contributed by atoms with Gasteiger partial charge in [-0.2, -0.15) is 0 Å². The molecule has 138 valence electrons. The second-order valence-electron chi connectivity index (χ2n) is 6.71. The molecule has 0 atom stereocenters. The monoisotopic (exact) mass is 464 g/mol. The van der Waals surface area contributed by atoms with Crippen molar-refractivity contribution in [3.63, 3.8) is 0 Å². The third-order valence-corrected chi connectivity index (χ3v) is 4.41. The predicted molar refractivity (Wildman–Crippen MR) is 118 cm³/mol. The number of rotatable bonds is 8. The number of thiazole rings is 1. The lowest BCUT2D eigenvalue weighted by Crippen LogP contribution is -2.39. The average molecular weight is 464 g/mol. The number of hydrogen-bond acceptors (Lipinski definition) is 3. The van der Waals surface area contributed by atoms with Gasteiger partial charge in [0.2, 0.25) is 0 Å². The van der Waals surface area contributed by atoms with E-state index < -0.39 is 0 Å². The number of nitrogens with one attached hydrogen (secondary N) is 1. The summed E-state index contributed by atoms with van der Waals surface area (Å²) in [5.41, 5.74) is 1.30. The van der Waals surface area contributed by atoms with Gasteiger partial charge in [0.1, 0.15) is 0 Å². The Morgan fingerprint density at radius 3 is 2.71 bits per heavy atom. The van der Waals surface area contributed by atoms with Crippen LogP contribution in [0, 0.1) is 0 Å². The highest BCUT2D eigenvalue weighted by Crippen LogP contribution is 2.23. The summed E-state index contributed by atoms with van der Waals surface area (Å²) in [5.74, 6) is 0.976. The fraction of sp³-hybridized carbons (Fsp3) is 0.667. The molecule has 1 N–H and O–H groups in total. The molecule has 0 spiro atoms. The molecule has 0 amide bonds. The van der Waals surface area contributed by atoms with Crippen LogP contribution in [0.25, 0.3) is 0 Å². The molecule has 0 unspecified atom stereocenters. The number of nitrogens with zero attached hydrogens (tertiary/aromatic N) is 3. The first-order chi connectivity index (χ1) is 10.9. The van der Waals surface area contributed by atoms with Crippen molar-refractivity contribution in [1.29, 1.82) is 0 Å². The third kappa shape index (κ3) is 8.46. The van der Waals surface area contributed by atoms with Crippen molar-refractivity contribution >= 4 is 41.3 Å². The number of aliphatic imine (C=N–C) groups is 1. The maximum atomic E-state index is 4.73. The molecule has 0 saturated heterocycles. The Balaban J connectivity index is 0.00000529. The Kier molecular flexibility index (Phi) is 11.5. The third-order valence-electron chi connectivity index (χ3n) is 3.51. The van der Waals surface area contributed by atoms with Gasteiger partial charge >= 0.3 is 0 Å². The number of halogens is 1. The van der Waals surface area contributed by atoms with Crippen molar-refractivity contribution in [3.05, 3.63) is 28.7 Å². The molecule has 24 heavy (non-hydrogen) atoms. The molecule has 4 nitrogen and oxygen atoms in total. The molecule has 0 aliphatic rings. The van der Waals surface area contributed by atoms with Gasteiger partial charge in [-0.1, -0.05) is 26.8 Å². The van der Waals surface area contributed by atoms with Gasteiger partial charge in [-0.15, -0.1) is 41.9 Å². The Bertz CT molecular complexity index is 505. The Hall–Kier alpha value is -0.630. The van der Waals surface area contributed by atoms with E-state index in [1.54, 1.807) is 11.3 Å². The largest absolute Gasteiger partial charge is 0.357 e. The first-order valence-corrected chi connectivity index (χ1v) is 9.31. The van der Waals surface area contributed by atoms with Gasteiger partial charge in [-0.3, -0.25) is 4.99 Å². The van der Waals surface area contributed by atoms with Crippen LogP contribution < -0.4 is 5.32 Å². The summed E-state index contributed by atoms with van der Waals surface area (Å²) >= 11 is 1.74. The predicted octanol–water partition coefficient (Wildman–Crippen LogP) is 4.46. The molecule has 1 rings (SSSR count). The van der Waals surface area contributed by atoms with Crippen LogP contribution in [0.15, 0.2) is 23.0 Å². The molecular formula is C18H33IN4S. The van der Waals surface area contributed by atoms with E-state index in [2.05, 4.69) is 56.9 Å². The molecule has 1 aromatic rings. The molecule has 1 aromatic heterocycles. The summed E-state index contributed by atoms with van der Waals surface area (Å²) in [7, 11) is 2.09. The number of aromatic nitrogens is 1. The summed E-state index contributed by atoms with van der Waals surface area (Å²) in [4.78, 5) is 11.7. The molecule has 0 bridgehead atoms. The standard InChI is InChI=1S/C18H32N4S.HI/c1-7-9-10-13-22(6)17(19-8-2)20-12-11-16-21-15(14-23-16)18(3,4)5;/h7,14H,1,8-13H2,2-6H3,(H,19,20);1H. The first-order valence-electron chi connectivity index (χ1n) is 8.43. The lowest BCUT2D eigenvalue weighted by atomic mass is 9.93. The maximum Gasteiger partial charge on any atom is 0.193 e. The minimum atomic E-state index is 0. The summed E-state index contributed by atoms with van der Waals surface area (Å²) < 4.78 is 0. The zero-order valence-corrected chi connectivity index (χ0v) is 18.9. The van der Waals surface area contributed by atoms with Gasteiger partial charge < -0.3 is 10.2 Å². The van der Waals surface area contributed by atoms with E-state index in [-0.39, 0.29) is 29.4 Å². The summed E-state index contributed by atoms with van der Waals surface area (Å²) in [6.45, 7) is 15.1. The van der Waals surface area contributed by atoms with E-state index in [9.17, 15) is 0 Å².